The Kier molecular flexibility index (Phi) is 3.28. The van der Waals surface area contributed by atoms with E-state index in [1.54, 1.807) is 4.90 Å². The molecule has 1 heterocycles. The van der Waals surface area contributed by atoms with Crippen molar-refractivity contribution in [2.45, 2.75) is 0 Å². The van der Waals surface area contributed by atoms with Gasteiger partial charge in [-0.3, -0.25) is 4.79 Å². The molecule has 0 radical (unpaired) electrons. The highest BCUT2D eigenvalue weighted by Gasteiger charge is 2.16. The summed E-state index contributed by atoms with van der Waals surface area (Å²) >= 11 is 5.06. The van der Waals surface area contributed by atoms with Crippen molar-refractivity contribution in [3.63, 3.8) is 0 Å². The van der Waals surface area contributed by atoms with Gasteiger partial charge in [-0.15, -0.1) is 0 Å². The number of carbonyl (C=O) groups excluding carboxylic acids is 1. The molecule has 1 aliphatic rings. The number of hydrogen-bond acceptors (Lipinski definition) is 2. The first-order valence-electron chi connectivity index (χ1n) is 3.94. The average molecular weight is 187 g/mol. The van der Waals surface area contributed by atoms with Gasteiger partial charge in [0.1, 0.15) is 0 Å². The molecular formula is C7H13N3OS. The minimum atomic E-state index is 0.764. The highest BCUT2D eigenvalue weighted by atomic mass is 32.1. The maximum Gasteiger partial charge on any atom is 0.209 e. The Morgan fingerprint density at radius 2 is 2.00 bits per heavy atom. The Hall–Kier alpha value is -0.840. The average Bonchev–Trinajstić information content (AvgIpc) is 2.17. The van der Waals surface area contributed by atoms with Crippen LogP contribution >= 0.6 is 12.2 Å². The maximum atomic E-state index is 10.4. The summed E-state index contributed by atoms with van der Waals surface area (Å²) in [6.45, 7) is 3.20. The third-order valence-electron chi connectivity index (χ3n) is 1.96. The van der Waals surface area contributed by atoms with Crippen molar-refractivity contribution in [1.82, 2.24) is 15.1 Å². The van der Waals surface area contributed by atoms with Crippen LogP contribution in [0.3, 0.4) is 0 Å². The number of nitrogens with one attached hydrogen (secondary N) is 1. The molecule has 0 spiro atoms. The summed E-state index contributed by atoms with van der Waals surface area (Å²) in [5.41, 5.74) is 0. The first kappa shape index (κ1) is 9.25. The molecule has 1 N–H and O–H groups in total. The van der Waals surface area contributed by atoms with E-state index in [-0.39, 0.29) is 0 Å². The predicted molar refractivity (Wildman–Crippen MR) is 50.9 cm³/mol. The van der Waals surface area contributed by atoms with Gasteiger partial charge in [0.2, 0.25) is 6.41 Å². The fraction of sp³-hybridized carbons (Fsp3) is 0.714. The molecule has 1 saturated heterocycles. The molecule has 1 amide bonds. The quantitative estimate of drug-likeness (QED) is 0.433. The summed E-state index contributed by atoms with van der Waals surface area (Å²) < 4.78 is 0. The normalized spacial score (nSPS) is 17.4. The van der Waals surface area contributed by atoms with Crippen molar-refractivity contribution in [3.05, 3.63) is 0 Å². The molecule has 4 nitrogen and oxygen atoms in total. The number of amides is 1. The maximum absolute atomic E-state index is 10.4. The van der Waals surface area contributed by atoms with Crippen LogP contribution in [0.5, 0.6) is 0 Å². The molecule has 0 unspecified atom stereocenters. The molecule has 1 rings (SSSR count). The highest BCUT2D eigenvalue weighted by molar-refractivity contribution is 7.80. The minimum Gasteiger partial charge on any atom is -0.366 e. The Morgan fingerprint density at radius 3 is 2.42 bits per heavy atom. The van der Waals surface area contributed by atoms with E-state index in [9.17, 15) is 4.79 Å². The van der Waals surface area contributed by atoms with Gasteiger partial charge in [0.05, 0.1) is 0 Å². The largest absolute Gasteiger partial charge is 0.366 e. The summed E-state index contributed by atoms with van der Waals surface area (Å²) in [4.78, 5) is 14.2. The lowest BCUT2D eigenvalue weighted by Crippen LogP contribution is -2.50. The third-order valence-corrected chi connectivity index (χ3v) is 2.43. The molecule has 68 valence electrons. The van der Waals surface area contributed by atoms with Crippen molar-refractivity contribution < 1.29 is 4.79 Å². The number of piperazine rings is 1. The molecule has 0 aromatic carbocycles. The SMILES string of the molecule is CNC(=S)N1CCN(C=O)CC1. The fourth-order valence-corrected chi connectivity index (χ4v) is 1.37. The standard InChI is InChI=1S/C7H13N3OS/c1-8-7(12)10-4-2-9(6-11)3-5-10/h6H,2-5H2,1H3,(H,8,12). The molecule has 0 saturated carbocycles. The van der Waals surface area contributed by atoms with Gasteiger partial charge in [-0.2, -0.15) is 0 Å². The summed E-state index contributed by atoms with van der Waals surface area (Å²) in [7, 11) is 1.81. The Labute approximate surface area is 77.5 Å². The third kappa shape index (κ3) is 2.07. The zero-order valence-corrected chi connectivity index (χ0v) is 7.93. The molecule has 0 atom stereocenters. The predicted octanol–water partition coefficient (Wildman–Crippen LogP) is -0.735. The number of nitrogens with zero attached hydrogens (tertiary/aromatic N) is 2. The molecule has 0 aliphatic carbocycles. The van der Waals surface area contributed by atoms with E-state index >= 15 is 0 Å². The first-order valence-corrected chi connectivity index (χ1v) is 4.34. The van der Waals surface area contributed by atoms with Gasteiger partial charge < -0.3 is 15.1 Å². The number of thiocarbonyl (C=S) groups is 1. The van der Waals surface area contributed by atoms with Crippen LogP contribution in [0.15, 0.2) is 0 Å². The molecule has 0 aromatic heterocycles. The Balaban J connectivity index is 2.35. The van der Waals surface area contributed by atoms with Gasteiger partial charge in [0.15, 0.2) is 5.11 Å². The number of hydrogen-bond donors (Lipinski definition) is 1. The van der Waals surface area contributed by atoms with Crippen LogP contribution in [0.25, 0.3) is 0 Å². The van der Waals surface area contributed by atoms with Crippen LogP contribution < -0.4 is 5.32 Å². The Morgan fingerprint density at radius 1 is 1.42 bits per heavy atom. The van der Waals surface area contributed by atoms with E-state index in [4.69, 9.17) is 12.2 Å². The van der Waals surface area contributed by atoms with Crippen LogP contribution in [0.1, 0.15) is 0 Å². The second-order valence-electron chi connectivity index (χ2n) is 2.68. The summed E-state index contributed by atoms with van der Waals surface area (Å²) in [5, 5.41) is 3.68. The van der Waals surface area contributed by atoms with Crippen molar-refractivity contribution in [3.8, 4) is 0 Å². The lowest BCUT2D eigenvalue weighted by molar-refractivity contribution is -0.119. The lowest BCUT2D eigenvalue weighted by atomic mass is 10.3. The smallest absolute Gasteiger partial charge is 0.209 e. The van der Waals surface area contributed by atoms with Crippen molar-refractivity contribution >= 4 is 23.7 Å². The zero-order chi connectivity index (χ0) is 8.97. The summed E-state index contributed by atoms with van der Waals surface area (Å²) in [6.07, 6.45) is 0.889. The lowest BCUT2D eigenvalue weighted by Gasteiger charge is -2.33. The summed E-state index contributed by atoms with van der Waals surface area (Å²) in [6, 6.07) is 0. The van der Waals surface area contributed by atoms with E-state index < -0.39 is 0 Å². The monoisotopic (exact) mass is 187 g/mol. The topological polar surface area (TPSA) is 35.6 Å². The van der Waals surface area contributed by atoms with E-state index in [0.29, 0.717) is 0 Å². The van der Waals surface area contributed by atoms with Gasteiger partial charge >= 0.3 is 0 Å². The van der Waals surface area contributed by atoms with Gasteiger partial charge in [-0.05, 0) is 12.2 Å². The molecule has 12 heavy (non-hydrogen) atoms. The van der Waals surface area contributed by atoms with Crippen molar-refractivity contribution in [1.29, 1.82) is 0 Å². The highest BCUT2D eigenvalue weighted by Crippen LogP contribution is 1.99. The van der Waals surface area contributed by atoms with Crippen LogP contribution in [-0.2, 0) is 4.79 Å². The van der Waals surface area contributed by atoms with Crippen molar-refractivity contribution in [2.75, 3.05) is 33.2 Å². The second kappa shape index (κ2) is 4.25. The van der Waals surface area contributed by atoms with Gasteiger partial charge in [0.25, 0.3) is 0 Å². The zero-order valence-electron chi connectivity index (χ0n) is 7.12. The number of rotatable bonds is 1. The molecule has 1 fully saturated rings. The molecular weight excluding hydrogens is 174 g/mol. The van der Waals surface area contributed by atoms with Crippen LogP contribution in [0, 0.1) is 0 Å². The van der Waals surface area contributed by atoms with Gasteiger partial charge in [-0.1, -0.05) is 0 Å². The molecule has 0 aromatic rings. The Bertz CT molecular complexity index is 177. The second-order valence-corrected chi connectivity index (χ2v) is 3.07. The van der Waals surface area contributed by atoms with E-state index in [1.165, 1.54) is 0 Å². The van der Waals surface area contributed by atoms with Crippen LogP contribution in [0.2, 0.25) is 0 Å². The molecule has 5 heteroatoms. The van der Waals surface area contributed by atoms with Gasteiger partial charge in [-0.25, -0.2) is 0 Å². The number of carbonyl (C=O) groups is 1. The fourth-order valence-electron chi connectivity index (χ4n) is 1.19. The van der Waals surface area contributed by atoms with Crippen molar-refractivity contribution in [2.24, 2.45) is 0 Å². The van der Waals surface area contributed by atoms with Crippen LogP contribution in [0.4, 0.5) is 0 Å². The summed E-state index contributed by atoms with van der Waals surface area (Å²) in [5.74, 6) is 0. The molecule has 0 bridgehead atoms. The van der Waals surface area contributed by atoms with Crippen LogP contribution in [-0.4, -0.2) is 54.5 Å². The first-order chi connectivity index (χ1) is 5.77. The van der Waals surface area contributed by atoms with E-state index in [1.807, 2.05) is 7.05 Å². The molecule has 1 aliphatic heterocycles. The minimum absolute atomic E-state index is 0.764. The van der Waals surface area contributed by atoms with E-state index in [2.05, 4.69) is 10.2 Å². The van der Waals surface area contributed by atoms with Gasteiger partial charge in [0, 0.05) is 33.2 Å². The van der Waals surface area contributed by atoms with E-state index in [0.717, 1.165) is 37.7 Å².